The van der Waals surface area contributed by atoms with E-state index in [0.29, 0.717) is 6.61 Å². The van der Waals surface area contributed by atoms with Crippen molar-refractivity contribution in [3.05, 3.63) is 0 Å². The zero-order valence-corrected chi connectivity index (χ0v) is 9.16. The number of rotatable bonds is 8. The molecular formula is C10H20O4. The summed E-state index contributed by atoms with van der Waals surface area (Å²) in [4.78, 5) is 10.5. The highest BCUT2D eigenvalue weighted by Gasteiger charge is 2.14. The fourth-order valence-electron chi connectivity index (χ4n) is 0.856. The third-order valence-electron chi connectivity index (χ3n) is 1.79. The maximum Gasteiger partial charge on any atom is 0.308 e. The van der Waals surface area contributed by atoms with Crippen LogP contribution in [0.3, 0.4) is 0 Å². The number of carboxylic acids is 1. The molecular weight excluding hydrogens is 184 g/mol. The summed E-state index contributed by atoms with van der Waals surface area (Å²) in [7, 11) is 0. The Morgan fingerprint density at radius 2 is 2.00 bits per heavy atom. The Morgan fingerprint density at radius 1 is 1.36 bits per heavy atom. The van der Waals surface area contributed by atoms with Crippen LogP contribution in [-0.2, 0) is 14.3 Å². The van der Waals surface area contributed by atoms with Gasteiger partial charge in [0.2, 0.25) is 0 Å². The molecule has 0 heterocycles. The van der Waals surface area contributed by atoms with Crippen molar-refractivity contribution in [2.24, 2.45) is 5.92 Å². The standard InChI is InChI=1S/C10H20O4/c1-4-6-13-9(5-2)14-7-8(3)10(11)12/h8-9H,4-7H2,1-3H3,(H,11,12). The molecule has 4 heteroatoms. The second-order valence-corrected chi connectivity index (χ2v) is 3.28. The van der Waals surface area contributed by atoms with E-state index >= 15 is 0 Å². The minimum atomic E-state index is -0.838. The maximum absolute atomic E-state index is 10.5. The van der Waals surface area contributed by atoms with Crippen LogP contribution in [0.1, 0.15) is 33.6 Å². The van der Waals surface area contributed by atoms with E-state index in [9.17, 15) is 4.79 Å². The van der Waals surface area contributed by atoms with Gasteiger partial charge in [0.25, 0.3) is 0 Å². The van der Waals surface area contributed by atoms with Gasteiger partial charge in [0.1, 0.15) is 0 Å². The van der Waals surface area contributed by atoms with Crippen molar-refractivity contribution in [1.29, 1.82) is 0 Å². The highest BCUT2D eigenvalue weighted by Crippen LogP contribution is 2.05. The fraction of sp³-hybridized carbons (Fsp3) is 0.900. The van der Waals surface area contributed by atoms with Gasteiger partial charge in [-0.1, -0.05) is 13.8 Å². The number of hydrogen-bond donors (Lipinski definition) is 1. The largest absolute Gasteiger partial charge is 0.481 e. The van der Waals surface area contributed by atoms with Gasteiger partial charge in [0.15, 0.2) is 6.29 Å². The number of hydrogen-bond acceptors (Lipinski definition) is 3. The molecule has 0 aliphatic carbocycles. The van der Waals surface area contributed by atoms with Crippen molar-refractivity contribution in [2.75, 3.05) is 13.2 Å². The first-order valence-corrected chi connectivity index (χ1v) is 5.07. The van der Waals surface area contributed by atoms with Crippen molar-refractivity contribution < 1.29 is 19.4 Å². The zero-order valence-electron chi connectivity index (χ0n) is 9.16. The molecule has 4 nitrogen and oxygen atoms in total. The van der Waals surface area contributed by atoms with Gasteiger partial charge in [-0.3, -0.25) is 4.79 Å². The second kappa shape index (κ2) is 7.76. The molecule has 2 unspecified atom stereocenters. The molecule has 14 heavy (non-hydrogen) atoms. The number of carbonyl (C=O) groups is 1. The smallest absolute Gasteiger partial charge is 0.308 e. The Kier molecular flexibility index (Phi) is 7.42. The molecule has 0 amide bonds. The van der Waals surface area contributed by atoms with E-state index in [4.69, 9.17) is 14.6 Å². The monoisotopic (exact) mass is 204 g/mol. The molecule has 1 N–H and O–H groups in total. The number of ether oxygens (including phenoxy) is 2. The van der Waals surface area contributed by atoms with E-state index in [2.05, 4.69) is 0 Å². The van der Waals surface area contributed by atoms with Crippen LogP contribution >= 0.6 is 0 Å². The lowest BCUT2D eigenvalue weighted by molar-refractivity contribution is -0.162. The Hall–Kier alpha value is -0.610. The lowest BCUT2D eigenvalue weighted by atomic mass is 10.2. The molecule has 0 aliphatic heterocycles. The van der Waals surface area contributed by atoms with E-state index in [-0.39, 0.29) is 12.9 Å². The van der Waals surface area contributed by atoms with Crippen LogP contribution in [-0.4, -0.2) is 30.6 Å². The quantitative estimate of drug-likeness (QED) is 0.613. The lowest BCUT2D eigenvalue weighted by Crippen LogP contribution is -2.23. The average molecular weight is 204 g/mol. The molecule has 0 aromatic rings. The highest BCUT2D eigenvalue weighted by atomic mass is 16.7. The van der Waals surface area contributed by atoms with Crippen molar-refractivity contribution in [1.82, 2.24) is 0 Å². The van der Waals surface area contributed by atoms with Crippen LogP contribution in [0.25, 0.3) is 0 Å². The van der Waals surface area contributed by atoms with Gasteiger partial charge in [-0.05, 0) is 19.8 Å². The number of carboxylic acid groups (broad SMARTS) is 1. The van der Waals surface area contributed by atoms with Gasteiger partial charge in [0, 0.05) is 6.61 Å². The summed E-state index contributed by atoms with van der Waals surface area (Å²) in [5.41, 5.74) is 0. The SMILES string of the molecule is CCCOC(CC)OCC(C)C(=O)O. The van der Waals surface area contributed by atoms with Crippen LogP contribution in [0.4, 0.5) is 0 Å². The van der Waals surface area contributed by atoms with Crippen molar-refractivity contribution >= 4 is 5.97 Å². The van der Waals surface area contributed by atoms with Crippen LogP contribution in [0.5, 0.6) is 0 Å². The molecule has 0 bridgehead atoms. The molecule has 0 saturated heterocycles. The third-order valence-corrected chi connectivity index (χ3v) is 1.79. The third kappa shape index (κ3) is 5.94. The maximum atomic E-state index is 10.5. The Bertz CT molecular complexity index is 158. The van der Waals surface area contributed by atoms with Gasteiger partial charge < -0.3 is 14.6 Å². The van der Waals surface area contributed by atoms with Crippen molar-refractivity contribution in [3.63, 3.8) is 0 Å². The predicted molar refractivity (Wildman–Crippen MR) is 53.1 cm³/mol. The number of aliphatic carboxylic acids is 1. The minimum Gasteiger partial charge on any atom is -0.481 e. The van der Waals surface area contributed by atoms with E-state index in [1.54, 1.807) is 6.92 Å². The van der Waals surface area contributed by atoms with Crippen LogP contribution in [0.2, 0.25) is 0 Å². The molecule has 0 fully saturated rings. The second-order valence-electron chi connectivity index (χ2n) is 3.28. The lowest BCUT2D eigenvalue weighted by Gasteiger charge is -2.17. The molecule has 0 saturated carbocycles. The fourth-order valence-corrected chi connectivity index (χ4v) is 0.856. The van der Waals surface area contributed by atoms with E-state index < -0.39 is 11.9 Å². The Balaban J connectivity index is 3.66. The molecule has 0 aromatic carbocycles. The van der Waals surface area contributed by atoms with Gasteiger partial charge in [-0.2, -0.15) is 0 Å². The molecule has 2 atom stereocenters. The summed E-state index contributed by atoms with van der Waals surface area (Å²) < 4.78 is 10.7. The summed E-state index contributed by atoms with van der Waals surface area (Å²) in [5, 5.41) is 8.62. The van der Waals surface area contributed by atoms with Gasteiger partial charge in [-0.25, -0.2) is 0 Å². The summed E-state index contributed by atoms with van der Waals surface area (Å²) >= 11 is 0. The molecule has 0 aliphatic rings. The van der Waals surface area contributed by atoms with Crippen LogP contribution in [0.15, 0.2) is 0 Å². The normalized spacial score (nSPS) is 15.1. The predicted octanol–water partition coefficient (Wildman–Crippen LogP) is 1.89. The van der Waals surface area contributed by atoms with E-state index in [0.717, 1.165) is 12.8 Å². The highest BCUT2D eigenvalue weighted by molar-refractivity contribution is 5.69. The van der Waals surface area contributed by atoms with Crippen molar-refractivity contribution in [2.45, 2.75) is 39.9 Å². The summed E-state index contributed by atoms with van der Waals surface area (Å²) in [6, 6.07) is 0. The minimum absolute atomic E-state index is 0.206. The van der Waals surface area contributed by atoms with E-state index in [1.165, 1.54) is 0 Å². The molecule has 0 aromatic heterocycles. The van der Waals surface area contributed by atoms with E-state index in [1.807, 2.05) is 13.8 Å². The van der Waals surface area contributed by atoms with Crippen molar-refractivity contribution in [3.8, 4) is 0 Å². The average Bonchev–Trinajstić information content (AvgIpc) is 2.17. The molecule has 84 valence electrons. The van der Waals surface area contributed by atoms with Gasteiger partial charge >= 0.3 is 5.97 Å². The first kappa shape index (κ1) is 13.4. The topological polar surface area (TPSA) is 55.8 Å². The first-order chi connectivity index (χ1) is 6.61. The summed E-state index contributed by atoms with van der Waals surface area (Å²) in [5.74, 6) is -1.32. The molecule has 0 spiro atoms. The Morgan fingerprint density at radius 3 is 2.43 bits per heavy atom. The van der Waals surface area contributed by atoms with Crippen LogP contribution in [0, 0.1) is 5.92 Å². The molecule has 0 radical (unpaired) electrons. The summed E-state index contributed by atoms with van der Waals surface area (Å²) in [6.07, 6.45) is 1.41. The van der Waals surface area contributed by atoms with Crippen LogP contribution < -0.4 is 0 Å². The zero-order chi connectivity index (χ0) is 11.0. The molecule has 0 rings (SSSR count). The van der Waals surface area contributed by atoms with Gasteiger partial charge in [0.05, 0.1) is 12.5 Å². The Labute approximate surface area is 85.2 Å². The first-order valence-electron chi connectivity index (χ1n) is 5.07. The van der Waals surface area contributed by atoms with Gasteiger partial charge in [-0.15, -0.1) is 0 Å². The summed E-state index contributed by atoms with van der Waals surface area (Å²) in [6.45, 7) is 6.45.